The van der Waals surface area contributed by atoms with E-state index in [-0.39, 0.29) is 18.0 Å². The molecular formula is C20H24N2O3. The van der Waals surface area contributed by atoms with Gasteiger partial charge in [0.05, 0.1) is 19.3 Å². The summed E-state index contributed by atoms with van der Waals surface area (Å²) in [6, 6.07) is 14.9. The molecule has 2 amide bonds. The van der Waals surface area contributed by atoms with E-state index in [1.807, 2.05) is 48.5 Å². The van der Waals surface area contributed by atoms with Crippen molar-refractivity contribution in [3.8, 4) is 11.5 Å². The first-order chi connectivity index (χ1) is 12.1. The number of nitrogens with one attached hydrogen (secondary N) is 2. The average molecular weight is 340 g/mol. The van der Waals surface area contributed by atoms with Crippen LogP contribution in [0.4, 0.5) is 10.5 Å². The fourth-order valence-electron chi connectivity index (χ4n) is 2.84. The second-order valence-electron chi connectivity index (χ2n) is 6.44. The Hall–Kier alpha value is -2.69. The molecule has 5 heteroatoms. The number of ether oxygens (including phenoxy) is 2. The monoisotopic (exact) mass is 340 g/mol. The molecule has 1 aliphatic heterocycles. The number of carbonyl (C=O) groups excluding carboxylic acids is 1. The van der Waals surface area contributed by atoms with Crippen LogP contribution >= 0.6 is 0 Å². The topological polar surface area (TPSA) is 59.6 Å². The van der Waals surface area contributed by atoms with Crippen molar-refractivity contribution in [1.29, 1.82) is 0 Å². The van der Waals surface area contributed by atoms with E-state index < -0.39 is 0 Å². The third-order valence-corrected chi connectivity index (χ3v) is 4.12. The third-order valence-electron chi connectivity index (χ3n) is 4.12. The first kappa shape index (κ1) is 17.1. The van der Waals surface area contributed by atoms with Gasteiger partial charge in [-0.3, -0.25) is 0 Å². The van der Waals surface area contributed by atoms with Crippen LogP contribution < -0.4 is 20.1 Å². The zero-order chi connectivity index (χ0) is 17.6. The standard InChI is InChI=1S/C20H24N2O3/c1-14(2)19(22-20(23)21-16-7-4-3-5-8-16)15-9-10-17-18(13-15)25-12-6-11-24-17/h3-5,7-10,13-14,19H,6,11-12H2,1-2H3,(H2,21,22,23). The normalized spacial score (nSPS) is 14.5. The molecule has 0 spiro atoms. The van der Waals surface area contributed by atoms with Gasteiger partial charge in [-0.2, -0.15) is 0 Å². The Kier molecular flexibility index (Phi) is 5.43. The number of carbonyl (C=O) groups is 1. The van der Waals surface area contributed by atoms with Gasteiger partial charge in [0.1, 0.15) is 0 Å². The van der Waals surface area contributed by atoms with Crippen molar-refractivity contribution in [2.75, 3.05) is 18.5 Å². The molecule has 132 valence electrons. The van der Waals surface area contributed by atoms with E-state index in [4.69, 9.17) is 9.47 Å². The molecule has 1 aliphatic rings. The molecule has 0 aliphatic carbocycles. The lowest BCUT2D eigenvalue weighted by Crippen LogP contribution is -2.35. The molecular weight excluding hydrogens is 316 g/mol. The maximum Gasteiger partial charge on any atom is 0.319 e. The first-order valence-corrected chi connectivity index (χ1v) is 8.65. The highest BCUT2D eigenvalue weighted by molar-refractivity contribution is 5.89. The molecule has 1 heterocycles. The number of hydrogen-bond acceptors (Lipinski definition) is 3. The van der Waals surface area contributed by atoms with Gasteiger partial charge in [0, 0.05) is 12.1 Å². The number of urea groups is 1. The van der Waals surface area contributed by atoms with Crippen LogP contribution in [0.15, 0.2) is 48.5 Å². The summed E-state index contributed by atoms with van der Waals surface area (Å²) < 4.78 is 11.4. The Morgan fingerprint density at radius 3 is 2.44 bits per heavy atom. The van der Waals surface area contributed by atoms with Gasteiger partial charge in [-0.05, 0) is 35.7 Å². The van der Waals surface area contributed by atoms with Crippen LogP contribution in [0.1, 0.15) is 31.9 Å². The van der Waals surface area contributed by atoms with Crippen LogP contribution in [0, 0.1) is 5.92 Å². The van der Waals surface area contributed by atoms with Gasteiger partial charge < -0.3 is 20.1 Å². The highest BCUT2D eigenvalue weighted by Gasteiger charge is 2.21. The minimum Gasteiger partial charge on any atom is -0.490 e. The molecule has 0 aromatic heterocycles. The lowest BCUT2D eigenvalue weighted by Gasteiger charge is -2.24. The summed E-state index contributed by atoms with van der Waals surface area (Å²) in [6.45, 7) is 5.47. The van der Waals surface area contributed by atoms with E-state index in [9.17, 15) is 4.79 Å². The number of fused-ring (bicyclic) bond motifs is 1. The van der Waals surface area contributed by atoms with Gasteiger partial charge in [-0.15, -0.1) is 0 Å². The quantitative estimate of drug-likeness (QED) is 0.869. The number of para-hydroxylation sites is 1. The zero-order valence-corrected chi connectivity index (χ0v) is 14.6. The van der Waals surface area contributed by atoms with Crippen molar-refractivity contribution in [2.45, 2.75) is 26.3 Å². The lowest BCUT2D eigenvalue weighted by molar-refractivity contribution is 0.244. The molecule has 0 radical (unpaired) electrons. The number of benzene rings is 2. The van der Waals surface area contributed by atoms with Crippen molar-refractivity contribution in [3.63, 3.8) is 0 Å². The Morgan fingerprint density at radius 2 is 1.72 bits per heavy atom. The number of anilines is 1. The maximum atomic E-state index is 12.4. The summed E-state index contributed by atoms with van der Waals surface area (Å²) in [5.41, 5.74) is 1.77. The van der Waals surface area contributed by atoms with Gasteiger partial charge in [0.2, 0.25) is 0 Å². The van der Waals surface area contributed by atoms with Crippen LogP contribution in [0.5, 0.6) is 11.5 Å². The van der Waals surface area contributed by atoms with Crippen LogP contribution in [-0.2, 0) is 0 Å². The van der Waals surface area contributed by atoms with Crippen LogP contribution in [0.25, 0.3) is 0 Å². The summed E-state index contributed by atoms with van der Waals surface area (Å²) in [7, 11) is 0. The summed E-state index contributed by atoms with van der Waals surface area (Å²) in [5, 5.41) is 5.92. The van der Waals surface area contributed by atoms with Crippen LogP contribution in [0.2, 0.25) is 0 Å². The Bertz CT molecular complexity index is 716. The highest BCUT2D eigenvalue weighted by Crippen LogP contribution is 2.34. The second-order valence-corrected chi connectivity index (χ2v) is 6.44. The van der Waals surface area contributed by atoms with E-state index in [0.29, 0.717) is 13.2 Å². The predicted molar refractivity (Wildman–Crippen MR) is 98.2 cm³/mol. The smallest absolute Gasteiger partial charge is 0.319 e. The van der Waals surface area contributed by atoms with E-state index in [1.165, 1.54) is 0 Å². The molecule has 2 aromatic rings. The fraction of sp³-hybridized carbons (Fsp3) is 0.350. The minimum absolute atomic E-state index is 0.124. The maximum absolute atomic E-state index is 12.4. The van der Waals surface area contributed by atoms with E-state index >= 15 is 0 Å². The second kappa shape index (κ2) is 7.92. The molecule has 0 bridgehead atoms. The lowest BCUT2D eigenvalue weighted by atomic mass is 9.96. The zero-order valence-electron chi connectivity index (χ0n) is 14.6. The summed E-state index contributed by atoms with van der Waals surface area (Å²) in [5.74, 6) is 1.73. The molecule has 0 saturated carbocycles. The Morgan fingerprint density at radius 1 is 1.00 bits per heavy atom. The van der Waals surface area contributed by atoms with Crippen molar-refractivity contribution < 1.29 is 14.3 Å². The Labute approximate surface area is 148 Å². The largest absolute Gasteiger partial charge is 0.490 e. The number of rotatable bonds is 4. The van der Waals surface area contributed by atoms with E-state index in [0.717, 1.165) is 29.2 Å². The third kappa shape index (κ3) is 4.44. The number of amides is 2. The van der Waals surface area contributed by atoms with Crippen molar-refractivity contribution in [2.24, 2.45) is 5.92 Å². The van der Waals surface area contributed by atoms with Gasteiger partial charge in [-0.1, -0.05) is 38.1 Å². The highest BCUT2D eigenvalue weighted by atomic mass is 16.5. The molecule has 2 aromatic carbocycles. The molecule has 5 nitrogen and oxygen atoms in total. The summed E-state index contributed by atoms with van der Waals surface area (Å²) in [6.07, 6.45) is 0.870. The number of hydrogen-bond donors (Lipinski definition) is 2. The molecule has 3 rings (SSSR count). The van der Waals surface area contributed by atoms with Crippen LogP contribution in [-0.4, -0.2) is 19.2 Å². The summed E-state index contributed by atoms with van der Waals surface area (Å²) in [4.78, 5) is 12.4. The fourth-order valence-corrected chi connectivity index (χ4v) is 2.84. The SMILES string of the molecule is CC(C)C(NC(=O)Nc1ccccc1)c1ccc2c(c1)OCCCO2. The molecule has 0 fully saturated rings. The van der Waals surface area contributed by atoms with Gasteiger partial charge in [-0.25, -0.2) is 4.79 Å². The van der Waals surface area contributed by atoms with Gasteiger partial charge >= 0.3 is 6.03 Å². The summed E-state index contributed by atoms with van der Waals surface area (Å²) >= 11 is 0. The van der Waals surface area contributed by atoms with Crippen LogP contribution in [0.3, 0.4) is 0 Å². The molecule has 0 saturated heterocycles. The van der Waals surface area contributed by atoms with Crippen molar-refractivity contribution >= 4 is 11.7 Å². The molecule has 25 heavy (non-hydrogen) atoms. The minimum atomic E-state index is -0.225. The molecule has 1 atom stereocenters. The molecule has 2 N–H and O–H groups in total. The van der Waals surface area contributed by atoms with Gasteiger partial charge in [0.25, 0.3) is 0 Å². The predicted octanol–water partition coefficient (Wildman–Crippen LogP) is 4.37. The Balaban J connectivity index is 1.74. The van der Waals surface area contributed by atoms with Gasteiger partial charge in [0.15, 0.2) is 11.5 Å². The molecule has 1 unspecified atom stereocenters. The van der Waals surface area contributed by atoms with Crippen molar-refractivity contribution in [3.05, 3.63) is 54.1 Å². The average Bonchev–Trinajstić information content (AvgIpc) is 2.85. The van der Waals surface area contributed by atoms with E-state index in [1.54, 1.807) is 0 Å². The first-order valence-electron chi connectivity index (χ1n) is 8.65. The van der Waals surface area contributed by atoms with E-state index in [2.05, 4.69) is 24.5 Å². The van der Waals surface area contributed by atoms with Crippen molar-refractivity contribution in [1.82, 2.24) is 5.32 Å².